The van der Waals surface area contributed by atoms with Gasteiger partial charge in [-0.1, -0.05) is 30.9 Å². The summed E-state index contributed by atoms with van der Waals surface area (Å²) in [5.41, 5.74) is 1.52. The average molecular weight is 163 g/mol. The molecule has 1 N–H and O–H groups in total. The van der Waals surface area contributed by atoms with Crippen molar-refractivity contribution in [3.8, 4) is 0 Å². The molecule has 1 nitrogen and oxygen atoms in total. The zero-order valence-corrected chi connectivity index (χ0v) is 7.93. The van der Waals surface area contributed by atoms with E-state index in [-0.39, 0.29) is 5.54 Å². The summed E-state index contributed by atoms with van der Waals surface area (Å²) >= 11 is 0. The van der Waals surface area contributed by atoms with E-state index in [0.717, 1.165) is 6.54 Å². The molecule has 1 saturated heterocycles. The molecule has 66 valence electrons. The SMILES string of the molecule is C=C/C=C(\C=C/C)C1(C)CCN1. The molecule has 0 bridgehead atoms. The Morgan fingerprint density at radius 2 is 2.25 bits per heavy atom. The van der Waals surface area contributed by atoms with Gasteiger partial charge in [0.05, 0.1) is 0 Å². The van der Waals surface area contributed by atoms with Crippen molar-refractivity contribution in [2.45, 2.75) is 25.8 Å². The van der Waals surface area contributed by atoms with Crippen molar-refractivity contribution in [2.24, 2.45) is 0 Å². The number of hydrogen-bond acceptors (Lipinski definition) is 1. The molecule has 0 spiro atoms. The van der Waals surface area contributed by atoms with Crippen LogP contribution >= 0.6 is 0 Å². The molecule has 1 aliphatic rings. The Labute approximate surface area is 74.9 Å². The molecule has 1 heterocycles. The standard InChI is InChI=1S/C11H17N/c1-4-6-10(7-5-2)11(3)8-9-12-11/h4-7,12H,1,8-9H2,2-3H3/b7-5-,10-6+. The third kappa shape index (κ3) is 1.67. The second kappa shape index (κ2) is 3.72. The molecule has 1 aliphatic heterocycles. The molecule has 1 rings (SSSR count). The minimum atomic E-state index is 0.195. The Hall–Kier alpha value is -0.820. The summed E-state index contributed by atoms with van der Waals surface area (Å²) in [6, 6.07) is 0. The first-order valence-corrected chi connectivity index (χ1v) is 4.44. The van der Waals surface area contributed by atoms with Gasteiger partial charge in [-0.3, -0.25) is 0 Å². The van der Waals surface area contributed by atoms with Gasteiger partial charge in [-0.15, -0.1) is 0 Å². The van der Waals surface area contributed by atoms with E-state index in [4.69, 9.17) is 0 Å². The van der Waals surface area contributed by atoms with E-state index >= 15 is 0 Å². The largest absolute Gasteiger partial charge is 0.307 e. The van der Waals surface area contributed by atoms with E-state index in [1.807, 2.05) is 13.0 Å². The summed E-state index contributed by atoms with van der Waals surface area (Å²) < 4.78 is 0. The summed E-state index contributed by atoms with van der Waals surface area (Å²) in [6.45, 7) is 9.11. The van der Waals surface area contributed by atoms with E-state index in [0.29, 0.717) is 0 Å². The van der Waals surface area contributed by atoms with E-state index in [1.54, 1.807) is 0 Å². The normalized spacial score (nSPS) is 30.3. The minimum absolute atomic E-state index is 0.195. The van der Waals surface area contributed by atoms with E-state index in [2.05, 4.69) is 37.0 Å². The molecular formula is C11H17N. The quantitative estimate of drug-likeness (QED) is 0.630. The second-order valence-electron chi connectivity index (χ2n) is 3.37. The van der Waals surface area contributed by atoms with Gasteiger partial charge in [0.1, 0.15) is 0 Å². The highest BCUT2D eigenvalue weighted by atomic mass is 15.0. The summed E-state index contributed by atoms with van der Waals surface area (Å²) in [5, 5.41) is 3.42. The van der Waals surface area contributed by atoms with Crippen molar-refractivity contribution >= 4 is 0 Å². The summed E-state index contributed by atoms with van der Waals surface area (Å²) in [6.07, 6.45) is 9.36. The molecule has 0 radical (unpaired) electrons. The summed E-state index contributed by atoms with van der Waals surface area (Å²) in [5.74, 6) is 0. The van der Waals surface area contributed by atoms with Crippen LogP contribution in [0.2, 0.25) is 0 Å². The van der Waals surface area contributed by atoms with Gasteiger partial charge in [0.25, 0.3) is 0 Å². The fraction of sp³-hybridized carbons (Fsp3) is 0.455. The Balaban J connectivity index is 2.78. The topological polar surface area (TPSA) is 12.0 Å². The van der Waals surface area contributed by atoms with Crippen molar-refractivity contribution in [1.29, 1.82) is 0 Å². The maximum Gasteiger partial charge on any atom is 0.0418 e. The second-order valence-corrected chi connectivity index (χ2v) is 3.37. The molecule has 1 heteroatoms. The lowest BCUT2D eigenvalue weighted by Crippen LogP contribution is -2.55. The van der Waals surface area contributed by atoms with Gasteiger partial charge in [0.15, 0.2) is 0 Å². The van der Waals surface area contributed by atoms with E-state index in [1.165, 1.54) is 12.0 Å². The minimum Gasteiger partial charge on any atom is -0.307 e. The monoisotopic (exact) mass is 163 g/mol. The van der Waals surface area contributed by atoms with Gasteiger partial charge in [0, 0.05) is 5.54 Å². The molecule has 1 unspecified atom stereocenters. The molecular weight excluding hydrogens is 146 g/mol. The summed E-state index contributed by atoms with van der Waals surface area (Å²) in [4.78, 5) is 0. The maximum absolute atomic E-state index is 3.72. The van der Waals surface area contributed by atoms with Crippen molar-refractivity contribution < 1.29 is 0 Å². The van der Waals surface area contributed by atoms with E-state index < -0.39 is 0 Å². The zero-order valence-electron chi connectivity index (χ0n) is 7.93. The van der Waals surface area contributed by atoms with Crippen molar-refractivity contribution in [3.05, 3.63) is 36.5 Å². The lowest BCUT2D eigenvalue weighted by Gasteiger charge is -2.41. The van der Waals surface area contributed by atoms with Gasteiger partial charge < -0.3 is 5.32 Å². The van der Waals surface area contributed by atoms with Crippen molar-refractivity contribution in [1.82, 2.24) is 5.32 Å². The number of nitrogens with one attached hydrogen (secondary N) is 1. The first kappa shape index (κ1) is 9.27. The third-order valence-corrected chi connectivity index (χ3v) is 2.42. The first-order valence-electron chi connectivity index (χ1n) is 4.44. The molecule has 1 fully saturated rings. The molecule has 0 saturated carbocycles. The lowest BCUT2D eigenvalue weighted by molar-refractivity contribution is 0.287. The van der Waals surface area contributed by atoms with Crippen LogP contribution in [0.5, 0.6) is 0 Å². The van der Waals surface area contributed by atoms with Gasteiger partial charge in [-0.2, -0.15) is 0 Å². The van der Waals surface area contributed by atoms with Gasteiger partial charge in [-0.05, 0) is 32.4 Å². The maximum atomic E-state index is 3.72. The number of rotatable bonds is 3. The van der Waals surface area contributed by atoms with Crippen molar-refractivity contribution in [2.75, 3.05) is 6.54 Å². The Morgan fingerprint density at radius 1 is 1.58 bits per heavy atom. The van der Waals surface area contributed by atoms with Crippen LogP contribution in [0.25, 0.3) is 0 Å². The van der Waals surface area contributed by atoms with E-state index in [9.17, 15) is 0 Å². The Kier molecular flexibility index (Phi) is 2.88. The third-order valence-electron chi connectivity index (χ3n) is 2.42. The number of allylic oxidation sites excluding steroid dienone is 3. The highest BCUT2D eigenvalue weighted by Crippen LogP contribution is 2.27. The number of hydrogen-bond donors (Lipinski definition) is 1. The fourth-order valence-electron chi connectivity index (χ4n) is 1.48. The molecule has 1 atom stereocenters. The highest BCUT2D eigenvalue weighted by Gasteiger charge is 2.33. The van der Waals surface area contributed by atoms with Gasteiger partial charge >= 0.3 is 0 Å². The van der Waals surface area contributed by atoms with Crippen molar-refractivity contribution in [3.63, 3.8) is 0 Å². The first-order chi connectivity index (χ1) is 5.73. The predicted octanol–water partition coefficient (Wildman–Crippen LogP) is 2.43. The summed E-state index contributed by atoms with van der Waals surface area (Å²) in [7, 11) is 0. The zero-order chi connectivity index (χ0) is 9.03. The Bertz CT molecular complexity index is 219. The molecule has 12 heavy (non-hydrogen) atoms. The van der Waals surface area contributed by atoms with Crippen LogP contribution < -0.4 is 5.32 Å². The average Bonchev–Trinajstić information content (AvgIpc) is 2.00. The van der Waals surface area contributed by atoms with Crippen LogP contribution in [0.1, 0.15) is 20.3 Å². The molecule has 0 aromatic rings. The Morgan fingerprint density at radius 3 is 2.58 bits per heavy atom. The molecule has 0 amide bonds. The van der Waals surface area contributed by atoms with Crippen LogP contribution in [0.4, 0.5) is 0 Å². The molecule has 0 aliphatic carbocycles. The van der Waals surface area contributed by atoms with Crippen LogP contribution in [0, 0.1) is 0 Å². The predicted molar refractivity (Wildman–Crippen MR) is 54.1 cm³/mol. The van der Waals surface area contributed by atoms with Crippen LogP contribution in [0.3, 0.4) is 0 Å². The molecule has 0 aromatic carbocycles. The van der Waals surface area contributed by atoms with Gasteiger partial charge in [-0.25, -0.2) is 0 Å². The van der Waals surface area contributed by atoms with Crippen LogP contribution in [0.15, 0.2) is 36.5 Å². The fourth-order valence-corrected chi connectivity index (χ4v) is 1.48. The van der Waals surface area contributed by atoms with Crippen LogP contribution in [-0.4, -0.2) is 12.1 Å². The highest BCUT2D eigenvalue weighted by molar-refractivity contribution is 5.35. The van der Waals surface area contributed by atoms with Crippen LogP contribution in [-0.2, 0) is 0 Å². The molecule has 0 aromatic heterocycles. The lowest BCUT2D eigenvalue weighted by atomic mass is 9.82. The smallest absolute Gasteiger partial charge is 0.0418 e. The van der Waals surface area contributed by atoms with Gasteiger partial charge in [0.2, 0.25) is 0 Å².